The molecule has 4 rings (SSSR count). The van der Waals surface area contributed by atoms with Gasteiger partial charge in [0, 0.05) is 42.9 Å². The van der Waals surface area contributed by atoms with Crippen LogP contribution in [0.15, 0.2) is 36.7 Å². The lowest BCUT2D eigenvalue weighted by atomic mass is 10.0. The number of nitrogens with one attached hydrogen (secondary N) is 1. The maximum atomic E-state index is 13.0. The Kier molecular flexibility index (Phi) is 4.87. The van der Waals surface area contributed by atoms with Crippen LogP contribution in [0.3, 0.4) is 0 Å². The second-order valence-electron chi connectivity index (χ2n) is 7.13. The Labute approximate surface area is 164 Å². The van der Waals surface area contributed by atoms with Crippen molar-refractivity contribution in [1.82, 2.24) is 15.0 Å². The summed E-state index contributed by atoms with van der Waals surface area (Å²) in [5.74, 6) is 0.529. The highest BCUT2D eigenvalue weighted by Crippen LogP contribution is 2.34. The van der Waals surface area contributed by atoms with Gasteiger partial charge in [-0.3, -0.25) is 9.97 Å². The van der Waals surface area contributed by atoms with Gasteiger partial charge in [-0.05, 0) is 31.2 Å². The smallest absolute Gasteiger partial charge is 0.386 e. The SMILES string of the molecule is Cc1nc(-c2cnc(NC[C@]3(O)CCOC3)c3cccnc23)ccc1C(F)(F)F. The van der Waals surface area contributed by atoms with Crippen LogP contribution < -0.4 is 5.32 Å². The van der Waals surface area contributed by atoms with E-state index in [1.165, 1.54) is 19.2 Å². The minimum Gasteiger partial charge on any atom is -0.386 e. The molecule has 4 heterocycles. The van der Waals surface area contributed by atoms with Gasteiger partial charge in [0.1, 0.15) is 11.4 Å². The highest BCUT2D eigenvalue weighted by molar-refractivity contribution is 5.98. The summed E-state index contributed by atoms with van der Waals surface area (Å²) in [4.78, 5) is 12.9. The molecule has 3 aromatic heterocycles. The second kappa shape index (κ2) is 7.23. The number of aryl methyl sites for hydroxylation is 1. The predicted molar refractivity (Wildman–Crippen MR) is 101 cm³/mol. The van der Waals surface area contributed by atoms with Gasteiger partial charge in [-0.1, -0.05) is 0 Å². The first-order chi connectivity index (χ1) is 13.8. The molecule has 0 saturated carbocycles. The standard InChI is InChI=1S/C20H19F3N4O2/c1-12-15(20(21,22)23)4-5-16(27-12)14-9-25-18(13-3-2-7-24-17(13)14)26-10-19(28)6-8-29-11-19/h2-5,7,9,28H,6,8,10-11H2,1H3,(H,25,26)/t19-/m1/s1. The van der Waals surface area contributed by atoms with Crippen molar-refractivity contribution < 1.29 is 23.0 Å². The summed E-state index contributed by atoms with van der Waals surface area (Å²) in [7, 11) is 0. The molecule has 2 N–H and O–H groups in total. The van der Waals surface area contributed by atoms with Crippen LogP contribution in [0, 0.1) is 6.92 Å². The largest absolute Gasteiger partial charge is 0.418 e. The summed E-state index contributed by atoms with van der Waals surface area (Å²) in [6, 6.07) is 5.91. The van der Waals surface area contributed by atoms with Gasteiger partial charge in [-0.2, -0.15) is 13.2 Å². The number of ether oxygens (including phenoxy) is 1. The van der Waals surface area contributed by atoms with Gasteiger partial charge in [0.2, 0.25) is 0 Å². The first kappa shape index (κ1) is 19.5. The number of hydrogen-bond donors (Lipinski definition) is 2. The summed E-state index contributed by atoms with van der Waals surface area (Å²) in [5.41, 5.74) is -0.374. The van der Waals surface area contributed by atoms with Crippen LogP contribution >= 0.6 is 0 Å². The molecule has 3 aromatic rings. The number of aromatic nitrogens is 3. The van der Waals surface area contributed by atoms with E-state index in [2.05, 4.69) is 20.3 Å². The van der Waals surface area contributed by atoms with E-state index in [4.69, 9.17) is 4.74 Å². The molecule has 1 aliphatic heterocycles. The minimum absolute atomic E-state index is 0.107. The number of fused-ring (bicyclic) bond motifs is 1. The zero-order valence-electron chi connectivity index (χ0n) is 15.6. The van der Waals surface area contributed by atoms with Crippen molar-refractivity contribution in [3.8, 4) is 11.3 Å². The van der Waals surface area contributed by atoms with Gasteiger partial charge in [0.15, 0.2) is 0 Å². The lowest BCUT2D eigenvalue weighted by Crippen LogP contribution is -2.37. The first-order valence-electron chi connectivity index (χ1n) is 9.10. The van der Waals surface area contributed by atoms with E-state index < -0.39 is 17.3 Å². The fourth-order valence-electron chi connectivity index (χ4n) is 3.39. The molecule has 0 spiro atoms. The molecule has 0 aromatic carbocycles. The van der Waals surface area contributed by atoms with Crippen molar-refractivity contribution in [3.63, 3.8) is 0 Å². The van der Waals surface area contributed by atoms with Gasteiger partial charge < -0.3 is 15.2 Å². The summed E-state index contributed by atoms with van der Waals surface area (Å²) < 4.78 is 44.3. The summed E-state index contributed by atoms with van der Waals surface area (Å²) in [6.45, 7) is 2.35. The van der Waals surface area contributed by atoms with Crippen molar-refractivity contribution in [3.05, 3.63) is 47.9 Å². The van der Waals surface area contributed by atoms with Crippen LogP contribution in [0.25, 0.3) is 22.2 Å². The number of halogens is 3. The predicted octanol–water partition coefficient (Wildman–Crippen LogP) is 3.58. The molecule has 0 amide bonds. The van der Waals surface area contributed by atoms with Gasteiger partial charge in [-0.15, -0.1) is 0 Å². The first-order valence-corrected chi connectivity index (χ1v) is 9.10. The van der Waals surface area contributed by atoms with E-state index in [1.54, 1.807) is 12.3 Å². The van der Waals surface area contributed by atoms with Crippen molar-refractivity contribution >= 4 is 16.7 Å². The number of pyridine rings is 3. The van der Waals surface area contributed by atoms with Gasteiger partial charge in [0.05, 0.1) is 29.1 Å². The van der Waals surface area contributed by atoms with Crippen LogP contribution in [0.2, 0.25) is 0 Å². The van der Waals surface area contributed by atoms with Crippen molar-refractivity contribution in [2.24, 2.45) is 0 Å². The Morgan fingerprint density at radius 2 is 2.07 bits per heavy atom. The number of rotatable bonds is 4. The Balaban J connectivity index is 1.71. The summed E-state index contributed by atoms with van der Waals surface area (Å²) >= 11 is 0. The van der Waals surface area contributed by atoms with E-state index in [1.807, 2.05) is 6.07 Å². The van der Waals surface area contributed by atoms with E-state index in [0.717, 1.165) is 6.07 Å². The fourth-order valence-corrected chi connectivity index (χ4v) is 3.39. The van der Waals surface area contributed by atoms with Crippen LogP contribution in [-0.2, 0) is 10.9 Å². The number of hydrogen-bond acceptors (Lipinski definition) is 6. The molecular weight excluding hydrogens is 385 g/mol. The molecule has 1 fully saturated rings. The maximum Gasteiger partial charge on any atom is 0.418 e. The van der Waals surface area contributed by atoms with Crippen molar-refractivity contribution in [2.45, 2.75) is 25.1 Å². The molecule has 29 heavy (non-hydrogen) atoms. The normalized spacial score (nSPS) is 19.6. The van der Waals surface area contributed by atoms with Crippen LogP contribution in [0.4, 0.5) is 19.0 Å². The van der Waals surface area contributed by atoms with Crippen molar-refractivity contribution in [1.29, 1.82) is 0 Å². The molecule has 6 nitrogen and oxygen atoms in total. The zero-order valence-corrected chi connectivity index (χ0v) is 15.6. The molecule has 152 valence electrons. The average molecular weight is 404 g/mol. The van der Waals surface area contributed by atoms with Crippen LogP contribution in [0.5, 0.6) is 0 Å². The van der Waals surface area contributed by atoms with Gasteiger partial charge in [-0.25, -0.2) is 4.98 Å². The van der Waals surface area contributed by atoms with E-state index in [-0.39, 0.29) is 18.8 Å². The number of aliphatic hydroxyl groups is 1. The molecular formula is C20H19F3N4O2. The average Bonchev–Trinajstić information content (AvgIpc) is 3.12. The lowest BCUT2D eigenvalue weighted by Gasteiger charge is -2.21. The highest BCUT2D eigenvalue weighted by atomic mass is 19.4. The molecule has 0 radical (unpaired) electrons. The number of alkyl halides is 3. The van der Waals surface area contributed by atoms with Crippen LogP contribution in [0.1, 0.15) is 17.7 Å². The minimum atomic E-state index is -4.45. The molecule has 0 unspecified atom stereocenters. The second-order valence-corrected chi connectivity index (χ2v) is 7.13. The Bertz CT molecular complexity index is 1050. The fraction of sp³-hybridized carbons (Fsp3) is 0.350. The third-order valence-electron chi connectivity index (χ3n) is 4.98. The molecule has 1 aliphatic rings. The van der Waals surface area contributed by atoms with E-state index in [0.29, 0.717) is 41.0 Å². The molecule has 1 saturated heterocycles. The zero-order chi connectivity index (χ0) is 20.6. The third-order valence-corrected chi connectivity index (χ3v) is 4.98. The summed E-state index contributed by atoms with van der Waals surface area (Å²) in [6.07, 6.45) is -0.790. The molecule has 9 heteroatoms. The van der Waals surface area contributed by atoms with E-state index >= 15 is 0 Å². The molecule has 0 bridgehead atoms. The Morgan fingerprint density at radius 1 is 1.24 bits per heavy atom. The monoisotopic (exact) mass is 404 g/mol. The lowest BCUT2D eigenvalue weighted by molar-refractivity contribution is -0.138. The topological polar surface area (TPSA) is 80.2 Å². The highest BCUT2D eigenvalue weighted by Gasteiger charge is 2.33. The maximum absolute atomic E-state index is 13.0. The number of nitrogens with zero attached hydrogens (tertiary/aromatic N) is 3. The third kappa shape index (κ3) is 3.88. The van der Waals surface area contributed by atoms with Crippen molar-refractivity contribution in [2.75, 3.05) is 25.1 Å². The number of anilines is 1. The van der Waals surface area contributed by atoms with Gasteiger partial charge in [0.25, 0.3) is 0 Å². The Morgan fingerprint density at radius 3 is 2.76 bits per heavy atom. The molecule has 1 atom stereocenters. The van der Waals surface area contributed by atoms with Crippen LogP contribution in [-0.4, -0.2) is 45.4 Å². The Hall–Kier alpha value is -2.78. The molecule has 0 aliphatic carbocycles. The summed E-state index contributed by atoms with van der Waals surface area (Å²) in [5, 5.41) is 14.3. The quantitative estimate of drug-likeness (QED) is 0.692. The van der Waals surface area contributed by atoms with E-state index in [9.17, 15) is 18.3 Å². The van der Waals surface area contributed by atoms with Gasteiger partial charge >= 0.3 is 6.18 Å².